The van der Waals surface area contributed by atoms with Crippen molar-refractivity contribution in [3.8, 4) is 0 Å². The van der Waals surface area contributed by atoms with Crippen LogP contribution >= 0.6 is 10.0 Å². The summed E-state index contributed by atoms with van der Waals surface area (Å²) in [5, 5.41) is 33.0. The van der Waals surface area contributed by atoms with E-state index < -0.39 is 15.4 Å². The second kappa shape index (κ2) is 6.91. The second-order valence-electron chi connectivity index (χ2n) is 3.84. The highest BCUT2D eigenvalue weighted by Gasteiger charge is 2.29. The number of aliphatic hydroxyl groups excluding tert-OH is 3. The largest absolute Gasteiger partial charge is 0.396 e. The Morgan fingerprint density at radius 2 is 1.25 bits per heavy atom. The van der Waals surface area contributed by atoms with Gasteiger partial charge in [0.2, 0.25) is 0 Å². The van der Waals surface area contributed by atoms with Crippen molar-refractivity contribution in [2.24, 2.45) is 5.41 Å². The van der Waals surface area contributed by atoms with Gasteiger partial charge in [-0.25, -0.2) is 0 Å². The molecule has 0 radical (unpaired) electrons. The van der Waals surface area contributed by atoms with Gasteiger partial charge in [0.1, 0.15) is 0 Å². The van der Waals surface area contributed by atoms with Gasteiger partial charge in [-0.2, -0.15) is 10.0 Å². The molecule has 0 heterocycles. The maximum absolute atomic E-state index is 9.20. The molecular weight excluding hydrogens is 224 g/mol. The Hall–Kier alpha value is -0.550. The van der Waals surface area contributed by atoms with E-state index in [1.54, 1.807) is 0 Å². The highest BCUT2D eigenvalue weighted by molar-refractivity contribution is 8.40. The number of hydrogen-bond donors (Lipinski definition) is 3. The van der Waals surface area contributed by atoms with Gasteiger partial charge in [0.15, 0.2) is 0 Å². The van der Waals surface area contributed by atoms with Crippen LogP contribution in [0.4, 0.5) is 0 Å². The molecule has 94 valence electrons. The Kier molecular flexibility index (Phi) is 6.67. The molecule has 0 fully saturated rings. The summed E-state index contributed by atoms with van der Waals surface area (Å²) in [5.41, 5.74) is -0.826. The first-order valence-electron chi connectivity index (χ1n) is 5.08. The first-order valence-corrected chi connectivity index (χ1v) is 7.07. The maximum atomic E-state index is 9.20. The predicted octanol–water partition coefficient (Wildman–Crippen LogP) is 1.57. The normalized spacial score (nSPS) is 13.2. The lowest BCUT2D eigenvalue weighted by Crippen LogP contribution is -2.35. The van der Waals surface area contributed by atoms with Gasteiger partial charge in [0.25, 0.3) is 0 Å². The summed E-state index contributed by atoms with van der Waals surface area (Å²) in [7, 11) is -1.32. The zero-order chi connectivity index (χ0) is 12.7. The van der Waals surface area contributed by atoms with E-state index in [2.05, 4.69) is 19.7 Å². The third-order valence-electron chi connectivity index (χ3n) is 2.92. The highest BCUT2D eigenvalue weighted by Crippen LogP contribution is 2.53. The molecule has 0 aliphatic rings. The molecule has 4 heteroatoms. The van der Waals surface area contributed by atoms with E-state index in [1.807, 2.05) is 16.2 Å². The molecule has 0 aromatic rings. The lowest BCUT2D eigenvalue weighted by molar-refractivity contribution is 0.00382. The van der Waals surface area contributed by atoms with Gasteiger partial charge >= 0.3 is 0 Å². The Bertz CT molecular complexity index is 217. The second-order valence-corrected chi connectivity index (χ2v) is 7.06. The van der Waals surface area contributed by atoms with E-state index in [9.17, 15) is 15.3 Å². The first-order chi connectivity index (χ1) is 7.57. The summed E-state index contributed by atoms with van der Waals surface area (Å²) < 4.78 is 0. The monoisotopic (exact) mass is 246 g/mol. The van der Waals surface area contributed by atoms with E-state index in [4.69, 9.17) is 0 Å². The highest BCUT2D eigenvalue weighted by atomic mass is 32.3. The molecule has 0 unspecified atom stereocenters. The number of aliphatic hydroxyl groups is 3. The van der Waals surface area contributed by atoms with E-state index in [0.717, 1.165) is 0 Å². The van der Waals surface area contributed by atoms with Crippen molar-refractivity contribution in [3.05, 3.63) is 36.0 Å². The Morgan fingerprint density at radius 3 is 1.50 bits per heavy atom. The van der Waals surface area contributed by atoms with Crippen LogP contribution in [0.5, 0.6) is 0 Å². The van der Waals surface area contributed by atoms with Crippen LogP contribution in [0, 0.1) is 5.41 Å². The molecule has 3 nitrogen and oxygen atoms in total. The molecule has 16 heavy (non-hydrogen) atoms. The van der Waals surface area contributed by atoms with Gasteiger partial charge in [0, 0.05) is 5.41 Å². The summed E-state index contributed by atoms with van der Waals surface area (Å²) in [5.74, 6) is 0.686. The predicted molar refractivity (Wildman–Crippen MR) is 71.4 cm³/mol. The molecule has 0 aromatic heterocycles. The van der Waals surface area contributed by atoms with E-state index in [1.165, 1.54) is 0 Å². The molecule has 0 atom stereocenters. The Labute approximate surface area is 99.1 Å². The first kappa shape index (κ1) is 15.4. The number of hydrogen-bond acceptors (Lipinski definition) is 3. The summed E-state index contributed by atoms with van der Waals surface area (Å²) in [6, 6.07) is 0. The average Bonchev–Trinajstić information content (AvgIpc) is 2.37. The van der Waals surface area contributed by atoms with Crippen LogP contribution < -0.4 is 0 Å². The third-order valence-corrected chi connectivity index (χ3v) is 5.70. The molecule has 3 N–H and O–H groups in total. The maximum Gasteiger partial charge on any atom is 0.0531 e. The fourth-order valence-electron chi connectivity index (χ4n) is 1.23. The van der Waals surface area contributed by atoms with Crippen molar-refractivity contribution in [1.29, 1.82) is 0 Å². The van der Waals surface area contributed by atoms with E-state index in [0.29, 0.717) is 12.2 Å². The minimum Gasteiger partial charge on any atom is -0.396 e. The molecule has 0 aliphatic heterocycles. The summed E-state index contributed by atoms with van der Waals surface area (Å²) in [6.07, 6.45) is 0.510. The molecule has 0 aliphatic carbocycles. The number of rotatable bonds is 9. The van der Waals surface area contributed by atoms with Crippen LogP contribution in [0.1, 0.15) is 6.42 Å². The zero-order valence-corrected chi connectivity index (χ0v) is 10.5. The minimum atomic E-state index is -1.32. The minimum absolute atomic E-state index is 0.235. The van der Waals surface area contributed by atoms with Crippen molar-refractivity contribution < 1.29 is 15.3 Å². The lowest BCUT2D eigenvalue weighted by atomic mass is 9.88. The summed E-state index contributed by atoms with van der Waals surface area (Å²) >= 11 is 0. The fourth-order valence-corrected chi connectivity index (χ4v) is 2.93. The topological polar surface area (TPSA) is 60.7 Å². The molecule has 0 spiro atoms. The van der Waals surface area contributed by atoms with E-state index in [-0.39, 0.29) is 19.8 Å². The van der Waals surface area contributed by atoms with Crippen LogP contribution in [-0.4, -0.2) is 40.9 Å². The van der Waals surface area contributed by atoms with Crippen LogP contribution in [0.15, 0.2) is 36.0 Å². The summed E-state index contributed by atoms with van der Waals surface area (Å²) in [6.45, 7) is 10.6. The molecule has 0 aromatic carbocycles. The SMILES string of the molecule is C=CS(C=C)(C=C)CCC(CO)(CO)CO. The van der Waals surface area contributed by atoms with Gasteiger partial charge < -0.3 is 15.3 Å². The van der Waals surface area contributed by atoms with Crippen LogP contribution in [0.3, 0.4) is 0 Å². The van der Waals surface area contributed by atoms with Gasteiger partial charge in [-0.15, -0.1) is 0 Å². The van der Waals surface area contributed by atoms with Crippen molar-refractivity contribution in [3.63, 3.8) is 0 Å². The van der Waals surface area contributed by atoms with Crippen molar-refractivity contribution in [2.45, 2.75) is 6.42 Å². The smallest absolute Gasteiger partial charge is 0.0531 e. The van der Waals surface area contributed by atoms with Crippen LogP contribution in [0.25, 0.3) is 0 Å². The van der Waals surface area contributed by atoms with Crippen molar-refractivity contribution in [1.82, 2.24) is 0 Å². The molecule has 0 rings (SSSR count). The standard InChI is InChI=1S/C12H22O3S/c1-4-16(5-2,6-3)8-7-12(9-13,10-14)11-15/h4-6,13-15H,1-3,7-11H2. The molecule has 0 saturated heterocycles. The van der Waals surface area contributed by atoms with Crippen LogP contribution in [0.2, 0.25) is 0 Å². The lowest BCUT2D eigenvalue weighted by Gasteiger charge is -2.34. The van der Waals surface area contributed by atoms with Gasteiger partial charge in [-0.1, -0.05) is 19.7 Å². The van der Waals surface area contributed by atoms with Gasteiger partial charge in [-0.05, 0) is 28.4 Å². The Morgan fingerprint density at radius 1 is 0.875 bits per heavy atom. The van der Waals surface area contributed by atoms with Crippen LogP contribution in [-0.2, 0) is 0 Å². The van der Waals surface area contributed by atoms with E-state index >= 15 is 0 Å². The molecule has 0 saturated carbocycles. The quantitative estimate of drug-likeness (QED) is 0.579. The fraction of sp³-hybridized carbons (Fsp3) is 0.500. The molecular formula is C12H22O3S. The van der Waals surface area contributed by atoms with Gasteiger partial charge in [-0.3, -0.25) is 0 Å². The third kappa shape index (κ3) is 3.49. The molecule has 0 amide bonds. The van der Waals surface area contributed by atoms with Gasteiger partial charge in [0.05, 0.1) is 19.8 Å². The van der Waals surface area contributed by atoms with Crippen molar-refractivity contribution >= 4 is 10.0 Å². The Balaban J connectivity index is 4.67. The zero-order valence-electron chi connectivity index (χ0n) is 9.64. The average molecular weight is 246 g/mol. The molecule has 0 bridgehead atoms. The summed E-state index contributed by atoms with van der Waals surface area (Å²) in [4.78, 5) is 0. The van der Waals surface area contributed by atoms with Crippen molar-refractivity contribution in [2.75, 3.05) is 25.6 Å².